The molecule has 1 atom stereocenters. The lowest BCUT2D eigenvalue weighted by Crippen LogP contribution is -2.08. The van der Waals surface area contributed by atoms with Crippen molar-refractivity contribution in [3.63, 3.8) is 0 Å². The number of aryl methyl sites for hydroxylation is 1. The lowest BCUT2D eigenvalue weighted by atomic mass is 10.1. The number of benzene rings is 1. The van der Waals surface area contributed by atoms with Gasteiger partial charge >= 0.3 is 0 Å². The first-order chi connectivity index (χ1) is 8.41. The van der Waals surface area contributed by atoms with Gasteiger partial charge in [0.2, 0.25) is 0 Å². The number of aliphatic hydroxyl groups excluding tert-OH is 1. The zero-order valence-corrected chi connectivity index (χ0v) is 10.7. The average Bonchev–Trinajstić information content (AvgIpc) is 2.64. The van der Waals surface area contributed by atoms with E-state index < -0.39 is 23.6 Å². The number of aromatic nitrogens is 2. The van der Waals surface area contributed by atoms with Gasteiger partial charge in [0.25, 0.3) is 0 Å². The number of hydrogen-bond donors (Lipinski definition) is 1. The van der Waals surface area contributed by atoms with Crippen LogP contribution in [0.15, 0.2) is 22.8 Å². The van der Waals surface area contributed by atoms with Crippen molar-refractivity contribution in [3.05, 3.63) is 51.5 Å². The number of nitrogens with zero attached hydrogens (tertiary/aromatic N) is 2. The van der Waals surface area contributed by atoms with E-state index in [0.717, 1.165) is 12.1 Å². The van der Waals surface area contributed by atoms with E-state index in [-0.39, 0.29) is 5.56 Å². The molecular weight excluding hydrogens is 313 g/mol. The van der Waals surface area contributed by atoms with Gasteiger partial charge in [-0.15, -0.1) is 0 Å². The van der Waals surface area contributed by atoms with Gasteiger partial charge in [-0.25, -0.2) is 13.2 Å². The first-order valence-corrected chi connectivity index (χ1v) is 5.71. The van der Waals surface area contributed by atoms with Crippen LogP contribution in [-0.4, -0.2) is 14.9 Å². The highest BCUT2D eigenvalue weighted by Crippen LogP contribution is 2.29. The van der Waals surface area contributed by atoms with Gasteiger partial charge in [0.15, 0.2) is 17.5 Å². The Morgan fingerprint density at radius 2 is 1.83 bits per heavy atom. The van der Waals surface area contributed by atoms with Crippen LogP contribution in [0.1, 0.15) is 17.4 Å². The third-order valence-corrected chi connectivity index (χ3v) is 3.13. The molecule has 1 unspecified atom stereocenters. The van der Waals surface area contributed by atoms with Gasteiger partial charge in [0.1, 0.15) is 6.10 Å². The van der Waals surface area contributed by atoms with Gasteiger partial charge in [-0.2, -0.15) is 5.10 Å². The summed E-state index contributed by atoms with van der Waals surface area (Å²) in [6.45, 7) is 0. The minimum Gasteiger partial charge on any atom is -0.382 e. The molecule has 1 N–H and O–H groups in total. The SMILES string of the molecule is Cn1ncc(Br)c1C(O)c1cc(F)c(F)c(F)c1. The molecule has 0 aliphatic heterocycles. The number of aliphatic hydroxyl groups is 1. The largest absolute Gasteiger partial charge is 0.382 e. The minimum absolute atomic E-state index is 0.0873. The van der Waals surface area contributed by atoms with E-state index in [1.165, 1.54) is 10.9 Å². The first-order valence-electron chi connectivity index (χ1n) is 4.91. The third kappa shape index (κ3) is 2.15. The fourth-order valence-corrected chi connectivity index (χ4v) is 2.18. The van der Waals surface area contributed by atoms with Crippen LogP contribution in [0.4, 0.5) is 13.2 Å². The maximum absolute atomic E-state index is 13.1. The van der Waals surface area contributed by atoms with Crippen LogP contribution in [-0.2, 0) is 7.05 Å². The van der Waals surface area contributed by atoms with Crippen molar-refractivity contribution < 1.29 is 18.3 Å². The standard InChI is InChI=1S/C11H8BrF3N2O/c1-17-10(6(12)4-16-17)11(18)5-2-7(13)9(15)8(14)3-5/h2-4,11,18H,1H3. The van der Waals surface area contributed by atoms with E-state index >= 15 is 0 Å². The van der Waals surface area contributed by atoms with Gasteiger partial charge in [-0.05, 0) is 33.6 Å². The van der Waals surface area contributed by atoms with E-state index in [2.05, 4.69) is 21.0 Å². The van der Waals surface area contributed by atoms with Crippen LogP contribution in [0.25, 0.3) is 0 Å². The molecule has 0 radical (unpaired) electrons. The summed E-state index contributed by atoms with van der Waals surface area (Å²) in [6, 6.07) is 1.50. The average molecular weight is 321 g/mol. The zero-order valence-electron chi connectivity index (χ0n) is 9.16. The molecule has 0 amide bonds. The molecule has 2 rings (SSSR count). The summed E-state index contributed by atoms with van der Waals surface area (Å²) in [7, 11) is 1.57. The molecular formula is C11H8BrF3N2O. The van der Waals surface area contributed by atoms with Gasteiger partial charge in [0, 0.05) is 7.05 Å². The van der Waals surface area contributed by atoms with Crippen molar-refractivity contribution in [1.82, 2.24) is 9.78 Å². The molecule has 1 aromatic heterocycles. The summed E-state index contributed by atoms with van der Waals surface area (Å²) in [5.41, 5.74) is 0.233. The van der Waals surface area contributed by atoms with E-state index in [9.17, 15) is 18.3 Å². The molecule has 0 spiro atoms. The fraction of sp³-hybridized carbons (Fsp3) is 0.182. The van der Waals surface area contributed by atoms with Crippen molar-refractivity contribution in [2.45, 2.75) is 6.10 Å². The van der Waals surface area contributed by atoms with Crippen LogP contribution in [0, 0.1) is 17.5 Å². The molecule has 0 aliphatic rings. The fourth-order valence-electron chi connectivity index (χ4n) is 1.62. The lowest BCUT2D eigenvalue weighted by molar-refractivity contribution is 0.207. The summed E-state index contributed by atoms with van der Waals surface area (Å²) < 4.78 is 40.8. The molecule has 2 aromatic rings. The van der Waals surface area contributed by atoms with Gasteiger partial charge in [0.05, 0.1) is 16.4 Å². The van der Waals surface area contributed by atoms with Crippen LogP contribution in [0.2, 0.25) is 0 Å². The molecule has 0 bridgehead atoms. The van der Waals surface area contributed by atoms with Crippen LogP contribution in [0.3, 0.4) is 0 Å². The second-order valence-electron chi connectivity index (χ2n) is 3.70. The van der Waals surface area contributed by atoms with Crippen molar-refractivity contribution in [1.29, 1.82) is 0 Å². The van der Waals surface area contributed by atoms with Crippen molar-refractivity contribution in [2.24, 2.45) is 7.05 Å². The Hall–Kier alpha value is -1.34. The zero-order chi connectivity index (χ0) is 13.4. The molecule has 1 heterocycles. The highest BCUT2D eigenvalue weighted by Gasteiger charge is 2.21. The Morgan fingerprint density at radius 1 is 1.28 bits per heavy atom. The predicted octanol–water partition coefficient (Wildman–Crippen LogP) is 2.68. The Kier molecular flexibility index (Phi) is 3.45. The quantitative estimate of drug-likeness (QED) is 0.864. The monoisotopic (exact) mass is 320 g/mol. The summed E-state index contributed by atoms with van der Waals surface area (Å²) in [5.74, 6) is -4.25. The molecule has 1 aromatic carbocycles. The van der Waals surface area contributed by atoms with E-state index in [4.69, 9.17) is 0 Å². The van der Waals surface area contributed by atoms with E-state index in [1.807, 2.05) is 0 Å². The Morgan fingerprint density at radius 3 is 2.28 bits per heavy atom. The molecule has 3 nitrogen and oxygen atoms in total. The molecule has 0 aliphatic carbocycles. The summed E-state index contributed by atoms with van der Waals surface area (Å²) in [6.07, 6.45) is 0.130. The van der Waals surface area contributed by atoms with Crippen LogP contribution in [0.5, 0.6) is 0 Å². The number of rotatable bonds is 2. The molecule has 0 fully saturated rings. The predicted molar refractivity (Wildman–Crippen MR) is 61.3 cm³/mol. The highest BCUT2D eigenvalue weighted by atomic mass is 79.9. The van der Waals surface area contributed by atoms with Crippen molar-refractivity contribution in [3.8, 4) is 0 Å². The second kappa shape index (κ2) is 4.74. The molecule has 18 heavy (non-hydrogen) atoms. The lowest BCUT2D eigenvalue weighted by Gasteiger charge is -2.13. The number of hydrogen-bond acceptors (Lipinski definition) is 2. The van der Waals surface area contributed by atoms with Crippen LogP contribution >= 0.6 is 15.9 Å². The van der Waals surface area contributed by atoms with E-state index in [0.29, 0.717) is 10.2 Å². The van der Waals surface area contributed by atoms with E-state index in [1.54, 1.807) is 7.05 Å². The molecule has 0 saturated carbocycles. The Labute approximate surface area is 109 Å². The van der Waals surface area contributed by atoms with Gasteiger partial charge in [-0.3, -0.25) is 4.68 Å². The van der Waals surface area contributed by atoms with Crippen molar-refractivity contribution in [2.75, 3.05) is 0 Å². The Balaban J connectivity index is 2.50. The maximum atomic E-state index is 13.1. The van der Waals surface area contributed by atoms with Gasteiger partial charge < -0.3 is 5.11 Å². The van der Waals surface area contributed by atoms with Crippen LogP contribution < -0.4 is 0 Å². The first kappa shape index (κ1) is 13.1. The molecule has 7 heteroatoms. The number of halogens is 4. The Bertz CT molecular complexity index is 557. The summed E-state index contributed by atoms with van der Waals surface area (Å²) in [5, 5.41) is 13.9. The highest BCUT2D eigenvalue weighted by molar-refractivity contribution is 9.10. The topological polar surface area (TPSA) is 38.0 Å². The summed E-state index contributed by atoms with van der Waals surface area (Å²) in [4.78, 5) is 0. The smallest absolute Gasteiger partial charge is 0.194 e. The normalized spacial score (nSPS) is 12.8. The minimum atomic E-state index is -1.56. The molecule has 96 valence electrons. The molecule has 0 saturated heterocycles. The second-order valence-corrected chi connectivity index (χ2v) is 4.56. The maximum Gasteiger partial charge on any atom is 0.194 e. The van der Waals surface area contributed by atoms with Crippen molar-refractivity contribution >= 4 is 15.9 Å². The summed E-state index contributed by atoms with van der Waals surface area (Å²) >= 11 is 3.16. The third-order valence-electron chi connectivity index (χ3n) is 2.52. The van der Waals surface area contributed by atoms with Gasteiger partial charge in [-0.1, -0.05) is 0 Å².